The van der Waals surface area contributed by atoms with Crippen LogP contribution in [0.15, 0.2) is 97.7 Å². The van der Waals surface area contributed by atoms with Gasteiger partial charge in [0.05, 0.1) is 32.4 Å². The van der Waals surface area contributed by atoms with Crippen LogP contribution in [0.4, 0.5) is 17.1 Å². The number of phenolic OH excluding ortho intramolecular Hbond substituents is 1. The van der Waals surface area contributed by atoms with Gasteiger partial charge < -0.3 is 24.8 Å². The smallest absolute Gasteiger partial charge is 0.744 e. The molecule has 0 unspecified atom stereocenters. The number of carbonyl (C=O) groups excluding carboxylic acids is 1. The van der Waals surface area contributed by atoms with Crippen LogP contribution in [0.5, 0.6) is 5.75 Å². The molecule has 0 spiro atoms. The second kappa shape index (κ2) is 17.1. The molecule has 0 aliphatic carbocycles. The molecule has 43 heavy (non-hydrogen) atoms. The van der Waals surface area contributed by atoms with E-state index in [1.54, 1.807) is 18.2 Å². The second-order valence-electron chi connectivity index (χ2n) is 7.76. The molecule has 0 saturated heterocycles. The van der Waals surface area contributed by atoms with Gasteiger partial charge in [0.25, 0.3) is 5.91 Å². The average Bonchev–Trinajstić information content (AvgIpc) is 2.90. The van der Waals surface area contributed by atoms with Crippen LogP contribution in [-0.4, -0.2) is 37.0 Å². The summed E-state index contributed by atoms with van der Waals surface area (Å²) < 4.78 is 74.6. The Hall–Kier alpha value is -0.940. The van der Waals surface area contributed by atoms with E-state index in [0.29, 0.717) is 0 Å². The molecular formula is C23H14N3Na3O11S3. The van der Waals surface area contributed by atoms with Gasteiger partial charge in [-0.3, -0.25) is 9.83 Å². The van der Waals surface area contributed by atoms with E-state index in [1.165, 1.54) is 24.3 Å². The third-order valence-corrected chi connectivity index (χ3v) is 7.55. The van der Waals surface area contributed by atoms with Crippen molar-refractivity contribution in [2.24, 2.45) is 10.2 Å². The van der Waals surface area contributed by atoms with Crippen LogP contribution in [0.3, 0.4) is 0 Å². The Morgan fingerprint density at radius 3 is 2.09 bits per heavy atom. The molecular weight excluding hydrogens is 659 g/mol. The van der Waals surface area contributed by atoms with E-state index in [4.69, 9.17) is 0 Å². The summed E-state index contributed by atoms with van der Waals surface area (Å²) in [5.74, 6) is -1.47. The summed E-state index contributed by atoms with van der Waals surface area (Å²) in [5, 5.41) is 34.7. The molecule has 1 amide bonds. The van der Waals surface area contributed by atoms with Crippen molar-refractivity contribution in [2.75, 3.05) is 5.32 Å². The van der Waals surface area contributed by atoms with E-state index in [0.717, 1.165) is 30.3 Å². The molecule has 2 N–H and O–H groups in total. The number of aromatic hydroxyl groups is 1. The first-order chi connectivity index (χ1) is 18.9. The maximum Gasteiger partial charge on any atom is 1.00 e. The number of nitrogens with one attached hydrogen (secondary N) is 1. The second-order valence-corrected chi connectivity index (χ2v) is 11.2. The van der Waals surface area contributed by atoms with E-state index >= 15 is 0 Å². The third kappa shape index (κ3) is 10.0. The van der Waals surface area contributed by atoms with Crippen LogP contribution in [0.1, 0.15) is 10.4 Å². The van der Waals surface area contributed by atoms with E-state index in [9.17, 15) is 41.1 Å². The van der Waals surface area contributed by atoms with Crippen molar-refractivity contribution in [3.63, 3.8) is 0 Å². The molecule has 0 atom stereocenters. The first-order valence-corrected chi connectivity index (χ1v) is 14.2. The molecule has 0 fully saturated rings. The number of amides is 1. The maximum absolute atomic E-state index is 12.8. The van der Waals surface area contributed by atoms with Gasteiger partial charge in [0.15, 0.2) is 5.75 Å². The van der Waals surface area contributed by atoms with Crippen molar-refractivity contribution in [2.45, 2.75) is 14.7 Å². The van der Waals surface area contributed by atoms with Gasteiger partial charge in [-0.2, -0.15) is 4.33 Å². The number of rotatable bonds is 9. The van der Waals surface area contributed by atoms with Crippen LogP contribution in [0, 0.1) is 0 Å². The third-order valence-electron chi connectivity index (χ3n) is 5.24. The summed E-state index contributed by atoms with van der Waals surface area (Å²) in [6, 6.07) is 15.4. The van der Waals surface area contributed by atoms with Gasteiger partial charge in [-0.15, -0.1) is 10.2 Å². The van der Waals surface area contributed by atoms with Gasteiger partial charge in [-0.25, -0.2) is 16.8 Å². The first-order valence-electron chi connectivity index (χ1n) is 10.7. The van der Waals surface area contributed by atoms with Gasteiger partial charge in [0, 0.05) is 10.9 Å². The van der Waals surface area contributed by atoms with E-state index in [2.05, 4.69) is 24.9 Å². The SMILES string of the molecule is O=C(Nc1cc(S(=O)(=O)[O-])cc2cc(SOO[O-])c(N=Nc3ccccc3S(=O)(=O)[O-])c(O)c12)c1ccccc1.[Na+].[Na+].[Na+]. The van der Waals surface area contributed by atoms with Crippen molar-refractivity contribution in [1.82, 2.24) is 0 Å². The number of benzene rings is 4. The standard InChI is InChI=1S/C23H17N3O11S3.3Na/c27-22-20-14(10-15(39(30,31)32)12-17(20)24-23(28)13-6-2-1-3-7-13)11-18(38-37-36-29)21(22)26-25-16-8-4-5-9-19(16)40(33,34)35;;;/h1-12,27,29H,(H,24,28)(H,30,31,32)(H,33,34,35);;;/q;3*+1/p-3. The van der Waals surface area contributed by atoms with Crippen molar-refractivity contribution in [3.8, 4) is 5.75 Å². The van der Waals surface area contributed by atoms with Crippen molar-refractivity contribution in [3.05, 3.63) is 78.4 Å². The first kappa shape index (κ1) is 40.1. The van der Waals surface area contributed by atoms with Crippen molar-refractivity contribution >= 4 is 66.0 Å². The molecule has 0 aromatic heterocycles. The summed E-state index contributed by atoms with van der Waals surface area (Å²) in [6.45, 7) is 0. The zero-order chi connectivity index (χ0) is 29.1. The molecule has 4 aromatic carbocycles. The van der Waals surface area contributed by atoms with Crippen LogP contribution < -0.4 is 99.2 Å². The Morgan fingerprint density at radius 1 is 0.860 bits per heavy atom. The quantitative estimate of drug-likeness (QED) is 0.0423. The molecule has 0 bridgehead atoms. The number of hydrogen-bond acceptors (Lipinski definition) is 14. The Morgan fingerprint density at radius 2 is 1.49 bits per heavy atom. The minimum Gasteiger partial charge on any atom is -0.744 e. The fourth-order valence-corrected chi connectivity index (χ4v) is 5.19. The summed E-state index contributed by atoms with van der Waals surface area (Å²) >= 11 is 0.208. The number of azo groups is 1. The summed E-state index contributed by atoms with van der Waals surface area (Å²) in [4.78, 5) is 11.2. The average molecular weight is 674 g/mol. The molecule has 208 valence electrons. The largest absolute Gasteiger partial charge is 1.00 e. The minimum atomic E-state index is -5.06. The molecule has 0 aliphatic rings. The van der Waals surface area contributed by atoms with Gasteiger partial charge in [-0.1, -0.05) is 30.3 Å². The number of fused-ring (bicyclic) bond motifs is 1. The summed E-state index contributed by atoms with van der Waals surface area (Å²) in [5.41, 5.74) is -0.997. The molecule has 0 aliphatic heterocycles. The van der Waals surface area contributed by atoms with Gasteiger partial charge in [0.2, 0.25) is 0 Å². The number of hydrogen-bond donors (Lipinski definition) is 2. The monoisotopic (exact) mass is 673 g/mol. The van der Waals surface area contributed by atoms with E-state index < -0.39 is 47.4 Å². The molecule has 20 heteroatoms. The Balaban J connectivity index is 0.00000308. The molecule has 4 rings (SSSR count). The fourth-order valence-electron chi connectivity index (χ4n) is 3.55. The van der Waals surface area contributed by atoms with Gasteiger partial charge in [0.1, 0.15) is 31.6 Å². The predicted molar refractivity (Wildman–Crippen MR) is 135 cm³/mol. The molecule has 0 radical (unpaired) electrons. The Bertz CT molecular complexity index is 1860. The molecule has 14 nitrogen and oxygen atoms in total. The molecule has 0 saturated carbocycles. The normalized spacial score (nSPS) is 11.3. The van der Waals surface area contributed by atoms with E-state index in [-0.39, 0.29) is 133 Å². The zero-order valence-electron chi connectivity index (χ0n) is 22.6. The molecule has 0 heterocycles. The maximum atomic E-state index is 12.8. The number of nitrogens with zero attached hydrogens (tertiary/aromatic N) is 2. The Labute approximate surface area is 315 Å². The number of phenols is 1. The van der Waals surface area contributed by atoms with E-state index in [1.807, 2.05) is 0 Å². The summed E-state index contributed by atoms with van der Waals surface area (Å²) in [6.07, 6.45) is 0. The summed E-state index contributed by atoms with van der Waals surface area (Å²) in [7, 11) is -10.0. The van der Waals surface area contributed by atoms with Crippen LogP contribution in [0.2, 0.25) is 0 Å². The zero-order valence-corrected chi connectivity index (χ0v) is 31.0. The van der Waals surface area contributed by atoms with Crippen molar-refractivity contribution < 1.29 is 139 Å². The van der Waals surface area contributed by atoms with Crippen molar-refractivity contribution in [1.29, 1.82) is 0 Å². The van der Waals surface area contributed by atoms with Crippen LogP contribution >= 0.6 is 12.0 Å². The fraction of sp³-hybridized carbons (Fsp3) is 0. The predicted octanol–water partition coefficient (Wildman–Crippen LogP) is -5.74. The van der Waals surface area contributed by atoms with Gasteiger partial charge in [-0.05, 0) is 47.9 Å². The number of anilines is 1. The van der Waals surface area contributed by atoms with Crippen LogP contribution in [0.25, 0.3) is 10.8 Å². The molecule has 4 aromatic rings. The number of carbonyl (C=O) groups is 1. The van der Waals surface area contributed by atoms with Gasteiger partial charge >= 0.3 is 88.7 Å². The topological polar surface area (TPSA) is 230 Å². The Kier molecular flexibility index (Phi) is 15.9. The van der Waals surface area contributed by atoms with Crippen LogP contribution in [-0.2, 0) is 29.6 Å². The minimum absolute atomic E-state index is 0.